The molecule has 1 heterocycles. The zero-order valence-corrected chi connectivity index (χ0v) is 11.1. The van der Waals surface area contributed by atoms with Gasteiger partial charge in [0.2, 0.25) is 0 Å². The van der Waals surface area contributed by atoms with Crippen molar-refractivity contribution in [1.82, 2.24) is 0 Å². The van der Waals surface area contributed by atoms with Gasteiger partial charge in [0.25, 0.3) is 0 Å². The van der Waals surface area contributed by atoms with Crippen LogP contribution in [0.1, 0.15) is 22.7 Å². The molecule has 0 saturated carbocycles. The van der Waals surface area contributed by atoms with Gasteiger partial charge in [0, 0.05) is 9.85 Å². The molecule has 2 N–H and O–H groups in total. The summed E-state index contributed by atoms with van der Waals surface area (Å²) in [6.07, 6.45) is 0. The van der Waals surface area contributed by atoms with Crippen molar-refractivity contribution in [3.05, 3.63) is 55.9 Å². The molecular weight excluding hydrogens is 289 g/mol. The van der Waals surface area contributed by atoms with Gasteiger partial charge in [0.05, 0.1) is 6.04 Å². The number of hydrogen-bond acceptors (Lipinski definition) is 2. The van der Waals surface area contributed by atoms with Crippen molar-refractivity contribution in [2.45, 2.75) is 13.0 Å². The molecule has 0 fully saturated rings. The van der Waals surface area contributed by atoms with Crippen LogP contribution in [0.15, 0.2) is 33.4 Å². The van der Waals surface area contributed by atoms with Crippen molar-refractivity contribution < 1.29 is 4.39 Å². The van der Waals surface area contributed by atoms with Crippen LogP contribution in [-0.2, 0) is 0 Å². The minimum Gasteiger partial charge on any atom is -0.320 e. The molecule has 0 radical (unpaired) electrons. The monoisotopic (exact) mass is 299 g/mol. The lowest BCUT2D eigenvalue weighted by Gasteiger charge is -2.12. The maximum absolute atomic E-state index is 13.4. The summed E-state index contributed by atoms with van der Waals surface area (Å²) in [5.41, 5.74) is 8.52. The quantitative estimate of drug-likeness (QED) is 0.891. The van der Waals surface area contributed by atoms with Crippen LogP contribution in [-0.4, -0.2) is 0 Å². The van der Waals surface area contributed by atoms with Gasteiger partial charge in [-0.25, -0.2) is 4.39 Å². The van der Waals surface area contributed by atoms with Crippen molar-refractivity contribution in [3.63, 3.8) is 0 Å². The molecule has 0 spiro atoms. The molecule has 0 saturated heterocycles. The first-order valence-corrected chi connectivity index (χ1v) is 6.56. The van der Waals surface area contributed by atoms with Gasteiger partial charge in [-0.2, -0.15) is 11.3 Å². The van der Waals surface area contributed by atoms with E-state index in [4.69, 9.17) is 5.73 Å². The fourth-order valence-electron chi connectivity index (χ4n) is 1.50. The van der Waals surface area contributed by atoms with E-state index in [0.717, 1.165) is 15.6 Å². The number of benzene rings is 1. The Balaban J connectivity index is 2.38. The molecule has 2 rings (SSSR count). The van der Waals surface area contributed by atoms with E-state index < -0.39 is 0 Å². The molecular formula is C12H11BrFNS. The first kappa shape index (κ1) is 11.8. The second-order valence-corrected chi connectivity index (χ2v) is 5.26. The third-order valence-electron chi connectivity index (χ3n) is 2.53. The normalized spacial score (nSPS) is 12.8. The first-order valence-electron chi connectivity index (χ1n) is 4.83. The smallest absolute Gasteiger partial charge is 0.126 e. The molecule has 1 atom stereocenters. The fraction of sp³-hybridized carbons (Fsp3) is 0.167. The molecule has 1 nitrogen and oxygen atoms in total. The summed E-state index contributed by atoms with van der Waals surface area (Å²) in [6, 6.07) is 4.85. The van der Waals surface area contributed by atoms with Crippen LogP contribution < -0.4 is 5.73 Å². The standard InChI is InChI=1S/C12H11BrFNS/c1-7-2-3-8(4-11(7)14)12(15)9-5-16-6-10(9)13/h2-6,12H,15H2,1H3. The highest BCUT2D eigenvalue weighted by Crippen LogP contribution is 2.30. The zero-order valence-electron chi connectivity index (χ0n) is 8.71. The van der Waals surface area contributed by atoms with Gasteiger partial charge in [-0.3, -0.25) is 0 Å². The summed E-state index contributed by atoms with van der Waals surface area (Å²) < 4.78 is 14.4. The van der Waals surface area contributed by atoms with E-state index in [1.807, 2.05) is 16.8 Å². The number of thiophene rings is 1. The molecule has 1 unspecified atom stereocenters. The van der Waals surface area contributed by atoms with E-state index in [-0.39, 0.29) is 11.9 Å². The predicted molar refractivity (Wildman–Crippen MR) is 69.2 cm³/mol. The maximum Gasteiger partial charge on any atom is 0.126 e. The van der Waals surface area contributed by atoms with Gasteiger partial charge in [0.15, 0.2) is 0 Å². The van der Waals surface area contributed by atoms with Crippen LogP contribution in [0.4, 0.5) is 4.39 Å². The molecule has 0 amide bonds. The Kier molecular flexibility index (Phi) is 3.42. The van der Waals surface area contributed by atoms with Crippen molar-refractivity contribution in [1.29, 1.82) is 0 Å². The lowest BCUT2D eigenvalue weighted by atomic mass is 10.0. The van der Waals surface area contributed by atoms with E-state index in [2.05, 4.69) is 15.9 Å². The van der Waals surface area contributed by atoms with Crippen molar-refractivity contribution in [3.8, 4) is 0 Å². The Labute approximate surface area is 106 Å². The fourth-order valence-corrected chi connectivity index (χ4v) is 3.08. The summed E-state index contributed by atoms with van der Waals surface area (Å²) in [6.45, 7) is 1.74. The van der Waals surface area contributed by atoms with Crippen molar-refractivity contribution in [2.75, 3.05) is 0 Å². The Morgan fingerprint density at radius 3 is 2.69 bits per heavy atom. The van der Waals surface area contributed by atoms with E-state index in [9.17, 15) is 4.39 Å². The molecule has 0 aliphatic heterocycles. The number of hydrogen-bond donors (Lipinski definition) is 1. The molecule has 2 aromatic rings. The average Bonchev–Trinajstić information content (AvgIpc) is 2.67. The van der Waals surface area contributed by atoms with E-state index in [1.54, 1.807) is 24.3 Å². The number of nitrogens with two attached hydrogens (primary N) is 1. The highest BCUT2D eigenvalue weighted by Gasteiger charge is 2.14. The third kappa shape index (κ3) is 2.19. The molecule has 4 heteroatoms. The number of rotatable bonds is 2. The topological polar surface area (TPSA) is 26.0 Å². The van der Waals surface area contributed by atoms with Gasteiger partial charge in [-0.05, 0) is 51.0 Å². The van der Waals surface area contributed by atoms with Gasteiger partial charge >= 0.3 is 0 Å². The predicted octanol–water partition coefficient (Wildman–Crippen LogP) is 4.01. The Hall–Kier alpha value is -0.710. The minimum absolute atomic E-state index is 0.209. The Morgan fingerprint density at radius 1 is 1.38 bits per heavy atom. The van der Waals surface area contributed by atoms with Crippen LogP contribution in [0.2, 0.25) is 0 Å². The SMILES string of the molecule is Cc1ccc(C(N)c2cscc2Br)cc1F. The van der Waals surface area contributed by atoms with Crippen LogP contribution in [0.5, 0.6) is 0 Å². The maximum atomic E-state index is 13.4. The number of aryl methyl sites for hydroxylation is 1. The largest absolute Gasteiger partial charge is 0.320 e. The first-order chi connectivity index (χ1) is 7.59. The molecule has 84 valence electrons. The molecule has 0 bridgehead atoms. The van der Waals surface area contributed by atoms with Crippen molar-refractivity contribution >= 4 is 27.3 Å². The number of halogens is 2. The van der Waals surface area contributed by atoms with Crippen LogP contribution in [0, 0.1) is 12.7 Å². The molecule has 1 aromatic heterocycles. The van der Waals surface area contributed by atoms with E-state index in [1.165, 1.54) is 6.07 Å². The molecule has 0 aliphatic carbocycles. The third-order valence-corrected chi connectivity index (χ3v) is 4.28. The van der Waals surface area contributed by atoms with Crippen LogP contribution in [0.3, 0.4) is 0 Å². The van der Waals surface area contributed by atoms with E-state index in [0.29, 0.717) is 5.56 Å². The highest BCUT2D eigenvalue weighted by molar-refractivity contribution is 9.10. The lowest BCUT2D eigenvalue weighted by Crippen LogP contribution is -2.11. The van der Waals surface area contributed by atoms with Crippen LogP contribution >= 0.6 is 27.3 Å². The van der Waals surface area contributed by atoms with Gasteiger partial charge < -0.3 is 5.73 Å². The second-order valence-electron chi connectivity index (χ2n) is 3.66. The van der Waals surface area contributed by atoms with Gasteiger partial charge in [-0.1, -0.05) is 12.1 Å². The lowest BCUT2D eigenvalue weighted by molar-refractivity contribution is 0.614. The molecule has 16 heavy (non-hydrogen) atoms. The van der Waals surface area contributed by atoms with Crippen LogP contribution in [0.25, 0.3) is 0 Å². The second kappa shape index (κ2) is 4.65. The Morgan fingerprint density at radius 2 is 2.12 bits per heavy atom. The average molecular weight is 300 g/mol. The zero-order chi connectivity index (χ0) is 11.7. The summed E-state index contributed by atoms with van der Waals surface area (Å²) in [7, 11) is 0. The van der Waals surface area contributed by atoms with Crippen molar-refractivity contribution in [2.24, 2.45) is 5.73 Å². The Bertz CT molecular complexity index is 509. The van der Waals surface area contributed by atoms with Gasteiger partial charge in [-0.15, -0.1) is 0 Å². The summed E-state index contributed by atoms with van der Waals surface area (Å²) in [4.78, 5) is 0. The minimum atomic E-state index is -0.282. The highest BCUT2D eigenvalue weighted by atomic mass is 79.9. The summed E-state index contributed by atoms with van der Waals surface area (Å²) in [5, 5.41) is 3.95. The van der Waals surface area contributed by atoms with Gasteiger partial charge in [0.1, 0.15) is 5.82 Å². The molecule has 0 aliphatic rings. The van der Waals surface area contributed by atoms with E-state index >= 15 is 0 Å². The summed E-state index contributed by atoms with van der Waals surface area (Å²) >= 11 is 5.01. The summed E-state index contributed by atoms with van der Waals surface area (Å²) in [5.74, 6) is -0.209. The molecule has 1 aromatic carbocycles.